The highest BCUT2D eigenvalue weighted by atomic mass is 35.5. The molecule has 3 rings (SSSR count). The Labute approximate surface area is 112 Å². The predicted molar refractivity (Wildman–Crippen MR) is 70.4 cm³/mol. The van der Waals surface area contributed by atoms with Crippen molar-refractivity contribution in [3.05, 3.63) is 53.1 Å². The molecule has 0 aliphatic carbocycles. The van der Waals surface area contributed by atoms with Gasteiger partial charge in [-0.05, 0) is 30.3 Å². The van der Waals surface area contributed by atoms with E-state index >= 15 is 0 Å². The molecule has 3 aromatic rings. The zero-order chi connectivity index (χ0) is 13.6. The molecule has 2 N–H and O–H groups in total. The van der Waals surface area contributed by atoms with Crippen molar-refractivity contribution in [2.45, 2.75) is 0 Å². The number of hydrogen-bond donors (Lipinski definition) is 1. The molecule has 0 fully saturated rings. The Morgan fingerprint density at radius 2 is 1.89 bits per heavy atom. The fraction of sp³-hybridized carbons (Fsp3) is 0. The van der Waals surface area contributed by atoms with E-state index in [1.807, 2.05) is 0 Å². The average Bonchev–Trinajstić information content (AvgIpc) is 2.68. The summed E-state index contributed by atoms with van der Waals surface area (Å²) in [4.78, 5) is 3.92. The number of benzene rings is 2. The molecule has 1 heterocycles. The van der Waals surface area contributed by atoms with E-state index in [9.17, 15) is 8.78 Å². The number of imidazole rings is 1. The monoisotopic (exact) mass is 279 g/mol. The summed E-state index contributed by atoms with van der Waals surface area (Å²) in [6.07, 6.45) is 0. The van der Waals surface area contributed by atoms with Crippen LogP contribution in [0.3, 0.4) is 0 Å². The first-order chi connectivity index (χ1) is 9.08. The maximum atomic E-state index is 13.9. The number of halogens is 3. The number of nitrogens with zero attached hydrogens (tertiary/aromatic N) is 2. The summed E-state index contributed by atoms with van der Waals surface area (Å²) in [7, 11) is 0. The molecule has 0 atom stereocenters. The Morgan fingerprint density at radius 1 is 1.11 bits per heavy atom. The van der Waals surface area contributed by atoms with Gasteiger partial charge in [-0.15, -0.1) is 0 Å². The van der Waals surface area contributed by atoms with E-state index in [2.05, 4.69) is 4.98 Å². The van der Waals surface area contributed by atoms with E-state index in [-0.39, 0.29) is 22.2 Å². The lowest BCUT2D eigenvalue weighted by molar-refractivity contribution is 0.620. The SMILES string of the molecule is Nc1nc2c(F)cccc2n1-c1ccc(Cl)cc1F. The van der Waals surface area contributed by atoms with Gasteiger partial charge < -0.3 is 5.73 Å². The first kappa shape index (κ1) is 11.9. The summed E-state index contributed by atoms with van der Waals surface area (Å²) >= 11 is 5.71. The van der Waals surface area contributed by atoms with Gasteiger partial charge in [0.2, 0.25) is 5.95 Å². The van der Waals surface area contributed by atoms with Gasteiger partial charge in [0, 0.05) is 5.02 Å². The van der Waals surface area contributed by atoms with Crippen LogP contribution in [0.4, 0.5) is 14.7 Å². The van der Waals surface area contributed by atoms with Crippen molar-refractivity contribution in [1.29, 1.82) is 0 Å². The highest BCUT2D eigenvalue weighted by Crippen LogP contribution is 2.27. The molecule has 0 unspecified atom stereocenters. The fourth-order valence-electron chi connectivity index (χ4n) is 2.00. The predicted octanol–water partition coefficient (Wildman–Crippen LogP) is 3.54. The van der Waals surface area contributed by atoms with E-state index < -0.39 is 11.6 Å². The molecule has 3 nitrogen and oxygen atoms in total. The summed E-state index contributed by atoms with van der Waals surface area (Å²) in [5.41, 5.74) is 6.43. The topological polar surface area (TPSA) is 43.8 Å². The van der Waals surface area contributed by atoms with Gasteiger partial charge in [-0.25, -0.2) is 13.8 Å². The Hall–Kier alpha value is -2.14. The maximum Gasteiger partial charge on any atom is 0.206 e. The summed E-state index contributed by atoms with van der Waals surface area (Å²) in [5.74, 6) is -1.04. The number of rotatable bonds is 1. The molecule has 0 aliphatic heterocycles. The maximum absolute atomic E-state index is 13.9. The lowest BCUT2D eigenvalue weighted by Gasteiger charge is -2.08. The first-order valence-corrected chi connectivity index (χ1v) is 5.83. The minimum atomic E-state index is -0.553. The molecule has 0 bridgehead atoms. The number of fused-ring (bicyclic) bond motifs is 1. The van der Waals surface area contributed by atoms with Crippen LogP contribution in [0.2, 0.25) is 5.02 Å². The lowest BCUT2D eigenvalue weighted by atomic mass is 10.2. The molecular formula is C13H8ClF2N3. The third kappa shape index (κ3) is 1.82. The Bertz CT molecular complexity index is 783. The molecule has 96 valence electrons. The second-order valence-electron chi connectivity index (χ2n) is 4.01. The number of aromatic nitrogens is 2. The van der Waals surface area contributed by atoms with Crippen molar-refractivity contribution in [2.24, 2.45) is 0 Å². The minimum Gasteiger partial charge on any atom is -0.369 e. The van der Waals surface area contributed by atoms with E-state index in [1.54, 1.807) is 6.07 Å². The van der Waals surface area contributed by atoms with E-state index in [0.29, 0.717) is 5.52 Å². The molecule has 0 aliphatic rings. The van der Waals surface area contributed by atoms with Crippen molar-refractivity contribution < 1.29 is 8.78 Å². The van der Waals surface area contributed by atoms with Crippen LogP contribution in [0.25, 0.3) is 16.7 Å². The van der Waals surface area contributed by atoms with Crippen LogP contribution in [0.15, 0.2) is 36.4 Å². The molecule has 0 saturated heterocycles. The normalized spacial score (nSPS) is 11.1. The van der Waals surface area contributed by atoms with Gasteiger partial charge in [0.1, 0.15) is 11.3 Å². The van der Waals surface area contributed by atoms with E-state index in [4.69, 9.17) is 17.3 Å². The molecule has 6 heteroatoms. The van der Waals surface area contributed by atoms with Gasteiger partial charge in [0.05, 0.1) is 11.2 Å². The van der Waals surface area contributed by atoms with Gasteiger partial charge in [0.25, 0.3) is 0 Å². The highest BCUT2D eigenvalue weighted by molar-refractivity contribution is 6.30. The van der Waals surface area contributed by atoms with Crippen LogP contribution in [0, 0.1) is 11.6 Å². The number of nitrogens with two attached hydrogens (primary N) is 1. The summed E-state index contributed by atoms with van der Waals surface area (Å²) < 4.78 is 28.9. The zero-order valence-corrected chi connectivity index (χ0v) is 10.3. The standard InChI is InChI=1S/C13H8ClF2N3/c14-7-4-5-10(9(16)6-7)19-11-3-1-2-8(15)12(11)18-13(19)17/h1-6H,(H2,17,18). The quantitative estimate of drug-likeness (QED) is 0.740. The van der Waals surface area contributed by atoms with Crippen LogP contribution in [0.5, 0.6) is 0 Å². The van der Waals surface area contributed by atoms with Gasteiger partial charge in [0.15, 0.2) is 5.82 Å². The highest BCUT2D eigenvalue weighted by Gasteiger charge is 2.15. The van der Waals surface area contributed by atoms with Crippen molar-refractivity contribution in [3.63, 3.8) is 0 Å². The zero-order valence-electron chi connectivity index (χ0n) is 9.57. The van der Waals surface area contributed by atoms with Crippen LogP contribution in [-0.2, 0) is 0 Å². The molecule has 0 saturated carbocycles. The third-order valence-electron chi connectivity index (χ3n) is 2.81. The van der Waals surface area contributed by atoms with Crippen molar-refractivity contribution in [2.75, 3.05) is 5.73 Å². The number of hydrogen-bond acceptors (Lipinski definition) is 2. The van der Waals surface area contributed by atoms with Gasteiger partial charge in [-0.1, -0.05) is 17.7 Å². The van der Waals surface area contributed by atoms with Crippen molar-refractivity contribution in [1.82, 2.24) is 9.55 Å². The molecule has 0 amide bonds. The van der Waals surface area contributed by atoms with Crippen LogP contribution >= 0.6 is 11.6 Å². The number of nitrogen functional groups attached to an aromatic ring is 1. The molecule has 19 heavy (non-hydrogen) atoms. The van der Waals surface area contributed by atoms with Crippen LogP contribution < -0.4 is 5.73 Å². The van der Waals surface area contributed by atoms with Gasteiger partial charge in [-0.3, -0.25) is 4.57 Å². The Kier molecular flexibility index (Phi) is 2.64. The summed E-state index contributed by atoms with van der Waals surface area (Å²) in [5, 5.41) is 0.274. The number of para-hydroxylation sites is 1. The lowest BCUT2D eigenvalue weighted by Crippen LogP contribution is -2.02. The molecular weight excluding hydrogens is 272 g/mol. The Morgan fingerprint density at radius 3 is 2.63 bits per heavy atom. The van der Waals surface area contributed by atoms with Gasteiger partial charge >= 0.3 is 0 Å². The first-order valence-electron chi connectivity index (χ1n) is 5.46. The largest absolute Gasteiger partial charge is 0.369 e. The van der Waals surface area contributed by atoms with Crippen LogP contribution in [0.1, 0.15) is 0 Å². The second-order valence-corrected chi connectivity index (χ2v) is 4.45. The molecule has 1 aromatic heterocycles. The fourth-order valence-corrected chi connectivity index (χ4v) is 2.16. The summed E-state index contributed by atoms with van der Waals surface area (Å²) in [6, 6.07) is 8.59. The third-order valence-corrected chi connectivity index (χ3v) is 3.05. The van der Waals surface area contributed by atoms with E-state index in [0.717, 1.165) is 0 Å². The minimum absolute atomic E-state index is 0.0151. The van der Waals surface area contributed by atoms with Crippen molar-refractivity contribution in [3.8, 4) is 5.69 Å². The van der Waals surface area contributed by atoms with E-state index in [1.165, 1.54) is 34.9 Å². The molecule has 2 aromatic carbocycles. The number of anilines is 1. The van der Waals surface area contributed by atoms with Crippen molar-refractivity contribution >= 4 is 28.6 Å². The summed E-state index contributed by atoms with van der Waals surface area (Å²) in [6.45, 7) is 0. The van der Waals surface area contributed by atoms with Gasteiger partial charge in [-0.2, -0.15) is 0 Å². The van der Waals surface area contributed by atoms with Crippen LogP contribution in [-0.4, -0.2) is 9.55 Å². The molecule has 0 spiro atoms. The molecule has 0 radical (unpaired) electrons. The Balaban J connectivity index is 2.36. The smallest absolute Gasteiger partial charge is 0.206 e. The second kappa shape index (κ2) is 4.20. The average molecular weight is 280 g/mol.